The molecule has 0 aliphatic carbocycles. The van der Waals surface area contributed by atoms with E-state index in [0.29, 0.717) is 11.4 Å². The fourth-order valence-corrected chi connectivity index (χ4v) is 2.56. The summed E-state index contributed by atoms with van der Waals surface area (Å²) < 4.78 is 9.65. The maximum absolute atomic E-state index is 12.4. The number of benzene rings is 1. The lowest BCUT2D eigenvalue weighted by Crippen LogP contribution is -2.27. The van der Waals surface area contributed by atoms with Crippen molar-refractivity contribution >= 4 is 29.2 Å². The Morgan fingerprint density at radius 1 is 1.00 bits per heavy atom. The molecule has 1 aromatic carbocycles. The molecule has 1 heterocycles. The summed E-state index contributed by atoms with van der Waals surface area (Å²) in [6.45, 7) is 0.264. The van der Waals surface area contributed by atoms with E-state index in [4.69, 9.17) is 9.47 Å². The van der Waals surface area contributed by atoms with Crippen LogP contribution >= 0.6 is 0 Å². The Kier molecular flexibility index (Phi) is 7.11. The van der Waals surface area contributed by atoms with Crippen LogP contribution in [0.4, 0.5) is 11.4 Å². The molecule has 0 saturated carbocycles. The van der Waals surface area contributed by atoms with Crippen LogP contribution in [0.15, 0.2) is 60.0 Å². The molecule has 148 valence electrons. The van der Waals surface area contributed by atoms with Crippen molar-refractivity contribution in [1.82, 2.24) is 4.90 Å². The first-order valence-electron chi connectivity index (χ1n) is 8.47. The zero-order valence-corrected chi connectivity index (χ0v) is 16.3. The molecule has 8 heteroatoms. The van der Waals surface area contributed by atoms with Crippen LogP contribution in [0.3, 0.4) is 0 Å². The molecule has 1 aliphatic heterocycles. The van der Waals surface area contributed by atoms with Crippen molar-refractivity contribution in [2.75, 3.05) is 45.1 Å². The van der Waals surface area contributed by atoms with Crippen molar-refractivity contribution in [1.29, 1.82) is 0 Å². The minimum atomic E-state index is -0.681. The van der Waals surface area contributed by atoms with Gasteiger partial charge < -0.3 is 24.6 Å². The summed E-state index contributed by atoms with van der Waals surface area (Å²) in [4.78, 5) is 39.7. The highest BCUT2D eigenvalue weighted by Gasteiger charge is 2.27. The number of amides is 1. The molecule has 1 aromatic rings. The molecule has 2 rings (SSSR count). The lowest BCUT2D eigenvalue weighted by molar-refractivity contribution is -0.139. The van der Waals surface area contributed by atoms with Crippen LogP contribution in [0.2, 0.25) is 0 Å². The molecule has 8 nitrogen and oxygen atoms in total. The number of esters is 2. The largest absolute Gasteiger partial charge is 0.465 e. The summed E-state index contributed by atoms with van der Waals surface area (Å²) in [5.41, 5.74) is 1.32. The zero-order chi connectivity index (χ0) is 20.7. The molecule has 28 heavy (non-hydrogen) atoms. The highest BCUT2D eigenvalue weighted by molar-refractivity contribution is 6.05. The van der Waals surface area contributed by atoms with Gasteiger partial charge in [-0.25, -0.2) is 9.59 Å². The molecular formula is C20H23N3O5. The van der Waals surface area contributed by atoms with E-state index in [9.17, 15) is 14.4 Å². The zero-order valence-electron chi connectivity index (χ0n) is 16.3. The average Bonchev–Trinajstić information content (AvgIpc) is 2.89. The number of nitrogens with zero attached hydrogens (tertiary/aromatic N) is 2. The third-order valence-electron chi connectivity index (χ3n) is 3.78. The third-order valence-corrected chi connectivity index (χ3v) is 3.78. The van der Waals surface area contributed by atoms with E-state index < -0.39 is 11.9 Å². The van der Waals surface area contributed by atoms with E-state index in [1.165, 1.54) is 25.2 Å². The predicted octanol–water partition coefficient (Wildman–Crippen LogP) is 1.68. The molecule has 0 aromatic heterocycles. The summed E-state index contributed by atoms with van der Waals surface area (Å²) in [6, 6.07) is 6.86. The Labute approximate surface area is 163 Å². The minimum Gasteiger partial charge on any atom is -0.465 e. The van der Waals surface area contributed by atoms with Gasteiger partial charge in [-0.1, -0.05) is 6.08 Å². The number of rotatable bonds is 6. The summed E-state index contributed by atoms with van der Waals surface area (Å²) >= 11 is 0. The minimum absolute atomic E-state index is 0.0312. The molecule has 0 radical (unpaired) electrons. The number of ether oxygens (including phenoxy) is 2. The fourth-order valence-electron chi connectivity index (χ4n) is 2.56. The normalized spacial score (nSPS) is 13.4. The SMILES string of the molecule is COC(=O)C1=C(C(=O)OC)N(c2ccc(NC(=O)CN(C)C)cc2)C=CC=C1. The molecule has 0 fully saturated rings. The van der Waals surface area contributed by atoms with Crippen molar-refractivity contribution in [3.8, 4) is 0 Å². The van der Waals surface area contributed by atoms with Gasteiger partial charge in [-0.3, -0.25) is 4.79 Å². The third kappa shape index (κ3) is 5.08. The maximum atomic E-state index is 12.4. The lowest BCUT2D eigenvalue weighted by atomic mass is 10.1. The van der Waals surface area contributed by atoms with Gasteiger partial charge in [0, 0.05) is 17.6 Å². The van der Waals surface area contributed by atoms with Crippen molar-refractivity contribution < 1.29 is 23.9 Å². The number of nitrogens with one attached hydrogen (secondary N) is 1. The summed E-state index contributed by atoms with van der Waals surface area (Å²) in [5, 5.41) is 2.79. The molecule has 1 N–H and O–H groups in total. The average molecular weight is 385 g/mol. The Hall–Kier alpha value is -3.39. The second-order valence-electron chi connectivity index (χ2n) is 6.15. The van der Waals surface area contributed by atoms with E-state index in [-0.39, 0.29) is 23.7 Å². The smallest absolute Gasteiger partial charge is 0.355 e. The second kappa shape index (κ2) is 9.52. The second-order valence-corrected chi connectivity index (χ2v) is 6.15. The van der Waals surface area contributed by atoms with Crippen LogP contribution in [0.5, 0.6) is 0 Å². The van der Waals surface area contributed by atoms with Crippen LogP contribution < -0.4 is 10.2 Å². The van der Waals surface area contributed by atoms with Gasteiger partial charge >= 0.3 is 11.9 Å². The van der Waals surface area contributed by atoms with E-state index in [2.05, 4.69) is 5.32 Å². The van der Waals surface area contributed by atoms with E-state index in [1.54, 1.807) is 47.5 Å². The van der Waals surface area contributed by atoms with Gasteiger partial charge in [0.05, 0.1) is 26.3 Å². The first-order chi connectivity index (χ1) is 13.4. The van der Waals surface area contributed by atoms with Crippen molar-refractivity contribution in [2.45, 2.75) is 0 Å². The molecule has 1 aliphatic rings. The Morgan fingerprint density at radius 3 is 2.21 bits per heavy atom. The van der Waals surface area contributed by atoms with Gasteiger partial charge in [-0.05, 0) is 50.5 Å². The summed E-state index contributed by atoms with van der Waals surface area (Å²) in [5.74, 6) is -1.47. The van der Waals surface area contributed by atoms with Crippen molar-refractivity contribution in [3.63, 3.8) is 0 Å². The van der Waals surface area contributed by atoms with Crippen LogP contribution in [0.25, 0.3) is 0 Å². The standard InChI is InChI=1S/C20H23N3O5/c1-22(2)13-17(24)21-14-8-10-15(11-9-14)23-12-6-5-7-16(19(25)27-3)18(23)20(26)28-4/h5-12H,13H2,1-4H3,(H,21,24). The topological polar surface area (TPSA) is 88.2 Å². The number of likely N-dealkylation sites (N-methyl/N-ethyl adjacent to an activating group) is 1. The summed E-state index contributed by atoms with van der Waals surface area (Å²) in [6.07, 6.45) is 6.44. The maximum Gasteiger partial charge on any atom is 0.355 e. The molecule has 0 spiro atoms. The Balaban J connectivity index is 2.37. The van der Waals surface area contributed by atoms with Gasteiger partial charge in [0.2, 0.25) is 5.91 Å². The molecule has 0 bridgehead atoms. The van der Waals surface area contributed by atoms with Gasteiger partial charge in [-0.15, -0.1) is 0 Å². The molecule has 0 saturated heterocycles. The van der Waals surface area contributed by atoms with Crippen LogP contribution in [-0.2, 0) is 23.9 Å². The Bertz CT molecular complexity index is 838. The highest BCUT2D eigenvalue weighted by atomic mass is 16.5. The number of anilines is 2. The van der Waals surface area contributed by atoms with Gasteiger partial charge in [0.1, 0.15) is 5.70 Å². The quantitative estimate of drug-likeness (QED) is 0.746. The van der Waals surface area contributed by atoms with Gasteiger partial charge in [-0.2, -0.15) is 0 Å². The number of allylic oxidation sites excluding steroid dienone is 2. The lowest BCUT2D eigenvalue weighted by Gasteiger charge is -2.23. The van der Waals surface area contributed by atoms with Crippen LogP contribution in [-0.4, -0.2) is 57.6 Å². The monoisotopic (exact) mass is 385 g/mol. The van der Waals surface area contributed by atoms with E-state index in [1.807, 2.05) is 14.1 Å². The van der Waals surface area contributed by atoms with Crippen molar-refractivity contribution in [3.05, 3.63) is 60.0 Å². The van der Waals surface area contributed by atoms with Crippen LogP contribution in [0.1, 0.15) is 0 Å². The predicted molar refractivity (Wildman–Crippen MR) is 105 cm³/mol. The number of carbonyl (C=O) groups excluding carboxylic acids is 3. The number of hydrogen-bond donors (Lipinski definition) is 1. The van der Waals surface area contributed by atoms with Crippen molar-refractivity contribution in [2.24, 2.45) is 0 Å². The van der Waals surface area contributed by atoms with Gasteiger partial charge in [0.15, 0.2) is 0 Å². The molecule has 1 amide bonds. The highest BCUT2D eigenvalue weighted by Crippen LogP contribution is 2.27. The fraction of sp³-hybridized carbons (Fsp3) is 0.250. The molecule has 0 atom stereocenters. The first-order valence-corrected chi connectivity index (χ1v) is 8.47. The number of methoxy groups -OCH3 is 2. The molecular weight excluding hydrogens is 362 g/mol. The summed E-state index contributed by atoms with van der Waals surface area (Å²) in [7, 11) is 6.10. The van der Waals surface area contributed by atoms with E-state index >= 15 is 0 Å². The number of hydrogen-bond acceptors (Lipinski definition) is 7. The molecule has 0 unspecified atom stereocenters. The first kappa shape index (κ1) is 20.9. The Morgan fingerprint density at radius 2 is 1.64 bits per heavy atom. The van der Waals surface area contributed by atoms with E-state index in [0.717, 1.165) is 0 Å². The van der Waals surface area contributed by atoms with Crippen LogP contribution in [0, 0.1) is 0 Å². The van der Waals surface area contributed by atoms with Gasteiger partial charge in [0.25, 0.3) is 0 Å². The number of carbonyl (C=O) groups is 3.